The van der Waals surface area contributed by atoms with Gasteiger partial charge < -0.3 is 30.6 Å². The Hall–Kier alpha value is -2.72. The fourth-order valence-corrected chi connectivity index (χ4v) is 5.21. The molecule has 0 saturated heterocycles. The first-order valence-corrected chi connectivity index (χ1v) is 12.3. The van der Waals surface area contributed by atoms with E-state index in [-0.39, 0.29) is 48.0 Å². The molecule has 1 saturated carbocycles. The molecular weight excluding hydrogens is 440 g/mol. The number of thiophene rings is 1. The van der Waals surface area contributed by atoms with Crippen molar-refractivity contribution < 1.29 is 19.8 Å². The molecule has 1 unspecified atom stereocenters. The van der Waals surface area contributed by atoms with Gasteiger partial charge in [0, 0.05) is 30.6 Å². The van der Waals surface area contributed by atoms with Crippen molar-refractivity contribution in [2.24, 2.45) is 5.92 Å². The van der Waals surface area contributed by atoms with Gasteiger partial charge in [-0.05, 0) is 42.5 Å². The molecule has 1 fully saturated rings. The number of aromatic nitrogens is 1. The van der Waals surface area contributed by atoms with Crippen LogP contribution in [0.4, 0.5) is 11.5 Å². The summed E-state index contributed by atoms with van der Waals surface area (Å²) >= 11 is 1.49. The number of carbonyl (C=O) groups is 2. The molecule has 4 rings (SSSR count). The van der Waals surface area contributed by atoms with Crippen LogP contribution in [-0.4, -0.2) is 42.1 Å². The molecule has 4 N–H and O–H groups in total. The summed E-state index contributed by atoms with van der Waals surface area (Å²) in [5, 5.41) is 27.2. The molecule has 1 aliphatic rings. The van der Waals surface area contributed by atoms with Crippen LogP contribution in [0.1, 0.15) is 47.3 Å². The molecule has 1 aromatic carbocycles. The highest BCUT2D eigenvalue weighted by atomic mass is 32.1. The number of benzene rings is 1. The van der Waals surface area contributed by atoms with Gasteiger partial charge in [0.25, 0.3) is 5.91 Å². The minimum atomic E-state index is -0.413. The summed E-state index contributed by atoms with van der Waals surface area (Å²) < 4.78 is 0. The van der Waals surface area contributed by atoms with Crippen molar-refractivity contribution in [3.63, 3.8) is 0 Å². The zero-order chi connectivity index (χ0) is 23.4. The molecule has 2 aromatic heterocycles. The van der Waals surface area contributed by atoms with E-state index >= 15 is 0 Å². The SMILES string of the molecule is CN(C(=O)C1CCCCC1)c1ccc2c(C(=O)NCCO)c([NH+]([O-])Cc3cccs3)[nH]c2c1. The van der Waals surface area contributed by atoms with Crippen molar-refractivity contribution in [1.82, 2.24) is 10.3 Å². The van der Waals surface area contributed by atoms with Crippen LogP contribution in [0.5, 0.6) is 0 Å². The quantitative estimate of drug-likeness (QED) is 0.379. The second kappa shape index (κ2) is 10.5. The second-order valence-electron chi connectivity index (χ2n) is 8.50. The molecule has 2 amide bonds. The first-order valence-electron chi connectivity index (χ1n) is 11.4. The van der Waals surface area contributed by atoms with Crippen molar-refractivity contribution >= 4 is 45.6 Å². The number of quaternary nitrogens is 1. The highest BCUT2D eigenvalue weighted by Gasteiger charge is 2.27. The fourth-order valence-electron chi connectivity index (χ4n) is 4.51. The van der Waals surface area contributed by atoms with Crippen LogP contribution in [-0.2, 0) is 11.3 Å². The van der Waals surface area contributed by atoms with Crippen LogP contribution < -0.4 is 15.3 Å². The number of amides is 2. The Balaban J connectivity index is 1.67. The second-order valence-corrected chi connectivity index (χ2v) is 9.53. The largest absolute Gasteiger partial charge is 0.627 e. The number of carbonyl (C=O) groups excluding carboxylic acids is 2. The number of hydroxylamine groups is 1. The van der Waals surface area contributed by atoms with E-state index in [1.807, 2.05) is 29.6 Å². The molecule has 2 heterocycles. The summed E-state index contributed by atoms with van der Waals surface area (Å²) in [6.45, 7) is 0.100. The van der Waals surface area contributed by atoms with Crippen LogP contribution in [0.25, 0.3) is 10.9 Å². The lowest BCUT2D eigenvalue weighted by Gasteiger charge is -2.26. The number of fused-ring (bicyclic) bond motifs is 1. The van der Waals surface area contributed by atoms with Crippen LogP contribution in [0, 0.1) is 11.1 Å². The average molecular weight is 471 g/mol. The molecular formula is C24H30N4O4S. The van der Waals surface area contributed by atoms with Crippen molar-refractivity contribution in [3.05, 3.63) is 51.4 Å². The van der Waals surface area contributed by atoms with E-state index in [0.29, 0.717) is 10.9 Å². The maximum atomic E-state index is 13.1. The maximum Gasteiger partial charge on any atom is 0.259 e. The van der Waals surface area contributed by atoms with E-state index < -0.39 is 5.91 Å². The first-order chi connectivity index (χ1) is 16.0. The van der Waals surface area contributed by atoms with Gasteiger partial charge in [0.05, 0.1) is 17.0 Å². The minimum Gasteiger partial charge on any atom is -0.627 e. The Morgan fingerprint density at radius 2 is 2.06 bits per heavy atom. The third kappa shape index (κ3) is 5.11. The third-order valence-electron chi connectivity index (χ3n) is 6.27. The number of hydrogen-bond acceptors (Lipinski definition) is 5. The van der Waals surface area contributed by atoms with Gasteiger partial charge in [0.1, 0.15) is 12.1 Å². The van der Waals surface area contributed by atoms with Gasteiger partial charge in [-0.2, -0.15) is 0 Å². The van der Waals surface area contributed by atoms with Gasteiger partial charge in [-0.25, -0.2) is 0 Å². The Morgan fingerprint density at radius 1 is 1.27 bits per heavy atom. The Kier molecular flexibility index (Phi) is 7.44. The summed E-state index contributed by atoms with van der Waals surface area (Å²) in [5.74, 6) is -0.0159. The van der Waals surface area contributed by atoms with Gasteiger partial charge in [-0.3, -0.25) is 9.59 Å². The van der Waals surface area contributed by atoms with Gasteiger partial charge in [0.2, 0.25) is 11.7 Å². The summed E-state index contributed by atoms with van der Waals surface area (Å²) in [7, 11) is 1.78. The summed E-state index contributed by atoms with van der Waals surface area (Å²) in [6, 6.07) is 9.19. The van der Waals surface area contributed by atoms with Crippen LogP contribution >= 0.6 is 11.3 Å². The predicted octanol–water partition coefficient (Wildman–Crippen LogP) is 2.71. The van der Waals surface area contributed by atoms with Crippen LogP contribution in [0.15, 0.2) is 35.7 Å². The van der Waals surface area contributed by atoms with E-state index in [4.69, 9.17) is 5.11 Å². The average Bonchev–Trinajstić information content (AvgIpc) is 3.49. The van der Waals surface area contributed by atoms with E-state index in [0.717, 1.165) is 36.2 Å². The molecule has 3 aromatic rings. The minimum absolute atomic E-state index is 0.0471. The normalized spacial score (nSPS) is 15.5. The number of hydrogen-bond donors (Lipinski definition) is 4. The number of aliphatic hydroxyl groups excluding tert-OH is 1. The lowest BCUT2D eigenvalue weighted by molar-refractivity contribution is -0.793. The zero-order valence-electron chi connectivity index (χ0n) is 18.7. The lowest BCUT2D eigenvalue weighted by atomic mass is 9.88. The maximum absolute atomic E-state index is 13.1. The van der Waals surface area contributed by atoms with Crippen LogP contribution in [0.3, 0.4) is 0 Å². The molecule has 0 bridgehead atoms. The van der Waals surface area contributed by atoms with E-state index in [1.54, 1.807) is 18.0 Å². The molecule has 1 atom stereocenters. The Labute approximate surface area is 196 Å². The van der Waals surface area contributed by atoms with E-state index in [2.05, 4.69) is 10.3 Å². The van der Waals surface area contributed by atoms with E-state index in [1.165, 1.54) is 17.8 Å². The number of aliphatic hydroxyl groups is 1. The van der Waals surface area contributed by atoms with Crippen LogP contribution in [0.2, 0.25) is 0 Å². The smallest absolute Gasteiger partial charge is 0.259 e. The van der Waals surface area contributed by atoms with Gasteiger partial charge in [0.15, 0.2) is 0 Å². The number of H-pyrrole nitrogens is 1. The van der Waals surface area contributed by atoms with Gasteiger partial charge in [-0.15, -0.1) is 11.3 Å². The molecule has 0 aliphatic heterocycles. The van der Waals surface area contributed by atoms with Crippen molar-refractivity contribution in [1.29, 1.82) is 0 Å². The molecule has 0 radical (unpaired) electrons. The van der Waals surface area contributed by atoms with Crippen molar-refractivity contribution in [2.75, 3.05) is 25.1 Å². The lowest BCUT2D eigenvalue weighted by Crippen LogP contribution is -3.01. The van der Waals surface area contributed by atoms with Gasteiger partial charge >= 0.3 is 0 Å². The molecule has 33 heavy (non-hydrogen) atoms. The molecule has 0 spiro atoms. The van der Waals surface area contributed by atoms with E-state index in [9.17, 15) is 14.8 Å². The fraction of sp³-hybridized carbons (Fsp3) is 0.417. The number of nitrogens with zero attached hydrogens (tertiary/aromatic N) is 1. The highest BCUT2D eigenvalue weighted by molar-refractivity contribution is 7.09. The molecule has 9 heteroatoms. The number of anilines is 1. The summed E-state index contributed by atoms with van der Waals surface area (Å²) in [4.78, 5) is 31.6. The predicted molar refractivity (Wildman–Crippen MR) is 130 cm³/mol. The number of aromatic amines is 1. The van der Waals surface area contributed by atoms with Crippen molar-refractivity contribution in [2.45, 2.75) is 38.6 Å². The molecule has 176 valence electrons. The number of nitrogens with one attached hydrogen (secondary N) is 3. The topological polar surface area (TPSA) is 113 Å². The zero-order valence-corrected chi connectivity index (χ0v) is 19.5. The Morgan fingerprint density at radius 3 is 2.76 bits per heavy atom. The molecule has 8 nitrogen and oxygen atoms in total. The standard InChI is InChI=1S/C24H30N4O4S/c1-27(24(31)16-6-3-2-4-7-16)17-9-10-19-20(14-17)26-22(21(19)23(30)25-11-12-29)28(32)15-18-8-5-13-33-18/h5,8-10,13-14,16,26,28-29H,2-4,6-7,11-12,15H2,1H3,(H,25,30). The molecule has 1 aliphatic carbocycles. The summed E-state index contributed by atoms with van der Waals surface area (Å²) in [5.41, 5.74) is 1.62. The van der Waals surface area contributed by atoms with Gasteiger partial charge in [-0.1, -0.05) is 25.3 Å². The highest BCUT2D eigenvalue weighted by Crippen LogP contribution is 2.31. The third-order valence-corrected chi connectivity index (χ3v) is 7.15. The first kappa shape index (κ1) is 23.4. The number of rotatable bonds is 8. The summed E-state index contributed by atoms with van der Waals surface area (Å²) in [6.07, 6.45) is 5.20. The van der Waals surface area contributed by atoms with Crippen molar-refractivity contribution in [3.8, 4) is 0 Å². The Bertz CT molecular complexity index is 1110. The monoisotopic (exact) mass is 470 g/mol.